The first-order chi connectivity index (χ1) is 14.9. The Morgan fingerprint density at radius 2 is 1.84 bits per heavy atom. The molecule has 1 amide bonds. The second-order valence-corrected chi connectivity index (χ2v) is 7.71. The highest BCUT2D eigenvalue weighted by molar-refractivity contribution is 5.96. The van der Waals surface area contributed by atoms with Crippen LogP contribution < -0.4 is 10.5 Å². The van der Waals surface area contributed by atoms with Gasteiger partial charge in [0.25, 0.3) is 5.91 Å². The average molecular weight is 422 g/mol. The van der Waals surface area contributed by atoms with E-state index in [1.54, 1.807) is 30.0 Å². The molecular weight excluding hydrogens is 398 g/mol. The van der Waals surface area contributed by atoms with Crippen molar-refractivity contribution in [1.29, 1.82) is 0 Å². The summed E-state index contributed by atoms with van der Waals surface area (Å²) in [6.07, 6.45) is 0.433. The molecule has 1 aliphatic rings. The molecule has 160 valence electrons. The molecule has 0 spiro atoms. The van der Waals surface area contributed by atoms with Crippen LogP contribution in [0.15, 0.2) is 48.5 Å². The summed E-state index contributed by atoms with van der Waals surface area (Å²) in [5, 5.41) is 0. The van der Waals surface area contributed by atoms with Gasteiger partial charge in [-0.15, -0.1) is 0 Å². The predicted molar refractivity (Wildman–Crippen MR) is 117 cm³/mol. The van der Waals surface area contributed by atoms with E-state index < -0.39 is 5.82 Å². The number of hydrogen-bond acceptors (Lipinski definition) is 3. The third-order valence-electron chi connectivity index (χ3n) is 5.68. The van der Waals surface area contributed by atoms with Gasteiger partial charge in [-0.1, -0.05) is 25.1 Å². The molecule has 1 aliphatic heterocycles. The summed E-state index contributed by atoms with van der Waals surface area (Å²) in [7, 11) is 0. The minimum absolute atomic E-state index is 0.0932. The van der Waals surface area contributed by atoms with Crippen molar-refractivity contribution in [2.45, 2.75) is 26.8 Å². The summed E-state index contributed by atoms with van der Waals surface area (Å²) in [6.45, 7) is 4.58. The van der Waals surface area contributed by atoms with E-state index >= 15 is 0 Å². The molecule has 0 aromatic heterocycles. The molecule has 0 bridgehead atoms. The zero-order valence-electron chi connectivity index (χ0n) is 17.5. The summed E-state index contributed by atoms with van der Waals surface area (Å²) in [5.41, 5.74) is 9.31. The Labute approximate surface area is 180 Å². The lowest BCUT2D eigenvalue weighted by molar-refractivity contribution is 0.0731. The lowest BCUT2D eigenvalue weighted by atomic mass is 9.99. The highest BCUT2D eigenvalue weighted by atomic mass is 19.1. The molecule has 6 heteroatoms. The molecule has 3 aromatic rings. The Morgan fingerprint density at radius 1 is 1.10 bits per heavy atom. The summed E-state index contributed by atoms with van der Waals surface area (Å²) in [6, 6.07) is 13.6. The first-order valence-corrected chi connectivity index (χ1v) is 10.3. The van der Waals surface area contributed by atoms with Crippen LogP contribution in [0.1, 0.15) is 34.0 Å². The normalized spacial score (nSPS) is 13.4. The molecule has 0 saturated carbocycles. The monoisotopic (exact) mass is 422 g/mol. The molecule has 4 rings (SSSR count). The molecule has 0 fully saturated rings. The first-order valence-electron chi connectivity index (χ1n) is 10.3. The molecule has 0 unspecified atom stereocenters. The van der Waals surface area contributed by atoms with Gasteiger partial charge in [0.1, 0.15) is 24.0 Å². The SMILES string of the molecule is CCc1c(C(=O)N2CCOc3ccc(-c4ccc(N)c(F)c4)cc3C2)ccc(C)c1F. The van der Waals surface area contributed by atoms with Gasteiger partial charge < -0.3 is 15.4 Å². The van der Waals surface area contributed by atoms with Gasteiger partial charge >= 0.3 is 0 Å². The molecule has 0 radical (unpaired) electrons. The van der Waals surface area contributed by atoms with Crippen LogP contribution in [-0.4, -0.2) is 24.0 Å². The van der Waals surface area contributed by atoms with Crippen LogP contribution in [0.3, 0.4) is 0 Å². The van der Waals surface area contributed by atoms with Crippen LogP contribution in [0.25, 0.3) is 11.1 Å². The van der Waals surface area contributed by atoms with Gasteiger partial charge in [0.05, 0.1) is 12.2 Å². The van der Waals surface area contributed by atoms with Gasteiger partial charge in [0.2, 0.25) is 0 Å². The van der Waals surface area contributed by atoms with E-state index in [0.717, 1.165) is 11.1 Å². The quantitative estimate of drug-likeness (QED) is 0.596. The van der Waals surface area contributed by atoms with E-state index in [2.05, 4.69) is 0 Å². The minimum Gasteiger partial charge on any atom is -0.491 e. The second-order valence-electron chi connectivity index (χ2n) is 7.71. The Balaban J connectivity index is 1.67. The lowest BCUT2D eigenvalue weighted by Crippen LogP contribution is -2.33. The molecule has 1 heterocycles. The molecule has 31 heavy (non-hydrogen) atoms. The number of amides is 1. The lowest BCUT2D eigenvalue weighted by Gasteiger charge is -2.22. The Morgan fingerprint density at radius 3 is 2.58 bits per heavy atom. The number of rotatable bonds is 3. The number of aryl methyl sites for hydroxylation is 1. The minimum atomic E-state index is -0.478. The van der Waals surface area contributed by atoms with Crippen LogP contribution in [-0.2, 0) is 13.0 Å². The number of carbonyl (C=O) groups is 1. The van der Waals surface area contributed by atoms with Crippen molar-refractivity contribution < 1.29 is 18.3 Å². The largest absolute Gasteiger partial charge is 0.491 e. The van der Waals surface area contributed by atoms with Crippen molar-refractivity contribution >= 4 is 11.6 Å². The van der Waals surface area contributed by atoms with Gasteiger partial charge in [-0.05, 0) is 60.4 Å². The average Bonchev–Trinajstić information content (AvgIpc) is 2.98. The number of hydrogen-bond donors (Lipinski definition) is 1. The van der Waals surface area contributed by atoms with Crippen molar-refractivity contribution in [2.24, 2.45) is 0 Å². The first kappa shape index (κ1) is 20.8. The van der Waals surface area contributed by atoms with Crippen molar-refractivity contribution in [3.05, 3.63) is 82.4 Å². The predicted octanol–water partition coefficient (Wildman–Crippen LogP) is 5.12. The molecular formula is C25H24F2N2O2. The third kappa shape index (κ3) is 3.98. The van der Waals surface area contributed by atoms with Crippen molar-refractivity contribution in [3.63, 3.8) is 0 Å². The fourth-order valence-electron chi connectivity index (χ4n) is 3.91. The molecule has 0 aliphatic carbocycles. The number of anilines is 1. The van der Waals surface area contributed by atoms with Crippen molar-refractivity contribution in [1.82, 2.24) is 4.90 Å². The molecule has 3 aromatic carbocycles. The van der Waals surface area contributed by atoms with E-state index in [9.17, 15) is 13.6 Å². The van der Waals surface area contributed by atoms with Gasteiger partial charge in [-0.2, -0.15) is 0 Å². The van der Waals surface area contributed by atoms with Crippen LogP contribution in [0.4, 0.5) is 14.5 Å². The van der Waals surface area contributed by atoms with Crippen molar-refractivity contribution in [3.8, 4) is 16.9 Å². The highest BCUT2D eigenvalue weighted by Crippen LogP contribution is 2.31. The van der Waals surface area contributed by atoms with E-state index in [0.29, 0.717) is 54.1 Å². The van der Waals surface area contributed by atoms with E-state index in [1.807, 2.05) is 25.1 Å². The van der Waals surface area contributed by atoms with Gasteiger partial charge in [-0.25, -0.2) is 8.78 Å². The number of fused-ring (bicyclic) bond motifs is 1. The fraction of sp³-hybridized carbons (Fsp3) is 0.240. The maximum Gasteiger partial charge on any atom is 0.254 e. The Hall–Kier alpha value is -3.41. The maximum atomic E-state index is 14.6. The van der Waals surface area contributed by atoms with Gasteiger partial charge in [0.15, 0.2) is 0 Å². The van der Waals surface area contributed by atoms with Gasteiger partial charge in [-0.3, -0.25) is 4.79 Å². The van der Waals surface area contributed by atoms with Crippen LogP contribution in [0.5, 0.6) is 5.75 Å². The standard InChI is InChI=1S/C25H24F2N2O2/c1-3-19-20(7-4-15(2)24(19)27)25(30)29-10-11-31-23-9-6-16(12-18(23)14-29)17-5-8-22(28)21(26)13-17/h4-9,12-13H,3,10-11,14,28H2,1-2H3. The van der Waals surface area contributed by atoms with Crippen LogP contribution in [0.2, 0.25) is 0 Å². The number of nitrogens with two attached hydrogens (primary N) is 1. The summed E-state index contributed by atoms with van der Waals surface area (Å²) in [5.74, 6) is -0.349. The van der Waals surface area contributed by atoms with Crippen LogP contribution >= 0.6 is 0 Å². The number of nitrogens with zero attached hydrogens (tertiary/aromatic N) is 1. The fourth-order valence-corrected chi connectivity index (χ4v) is 3.91. The Kier molecular flexibility index (Phi) is 5.63. The van der Waals surface area contributed by atoms with Crippen LogP contribution in [0, 0.1) is 18.6 Å². The number of benzene rings is 3. The summed E-state index contributed by atoms with van der Waals surface area (Å²) in [4.78, 5) is 15.0. The second kappa shape index (κ2) is 8.38. The summed E-state index contributed by atoms with van der Waals surface area (Å²) < 4.78 is 34.3. The van der Waals surface area contributed by atoms with E-state index in [-0.39, 0.29) is 17.4 Å². The molecule has 0 saturated heterocycles. The number of ether oxygens (including phenoxy) is 1. The topological polar surface area (TPSA) is 55.6 Å². The number of halogens is 2. The number of nitrogen functional groups attached to an aromatic ring is 1. The molecule has 0 atom stereocenters. The zero-order valence-corrected chi connectivity index (χ0v) is 17.5. The third-order valence-corrected chi connectivity index (χ3v) is 5.68. The smallest absolute Gasteiger partial charge is 0.254 e. The van der Waals surface area contributed by atoms with Crippen molar-refractivity contribution in [2.75, 3.05) is 18.9 Å². The van der Waals surface area contributed by atoms with Gasteiger partial charge in [0, 0.05) is 23.2 Å². The highest BCUT2D eigenvalue weighted by Gasteiger charge is 2.24. The Bertz CT molecular complexity index is 1160. The zero-order chi connectivity index (χ0) is 22.1. The summed E-state index contributed by atoms with van der Waals surface area (Å²) >= 11 is 0. The van der Waals surface area contributed by atoms with E-state index in [1.165, 1.54) is 12.1 Å². The van der Waals surface area contributed by atoms with E-state index in [4.69, 9.17) is 10.5 Å². The molecule has 2 N–H and O–H groups in total. The number of carbonyl (C=O) groups excluding carboxylic acids is 1. The molecule has 4 nitrogen and oxygen atoms in total. The maximum absolute atomic E-state index is 14.6.